The van der Waals surface area contributed by atoms with Gasteiger partial charge in [-0.2, -0.15) is 11.8 Å². The van der Waals surface area contributed by atoms with Crippen molar-refractivity contribution in [2.75, 3.05) is 24.7 Å². The number of carbonyl (C=O) groups is 1. The summed E-state index contributed by atoms with van der Waals surface area (Å²) < 4.78 is 0. The van der Waals surface area contributed by atoms with Crippen LogP contribution in [0, 0.1) is 0 Å². The molecule has 3 N–H and O–H groups in total. The van der Waals surface area contributed by atoms with Crippen LogP contribution >= 0.6 is 11.8 Å². The van der Waals surface area contributed by atoms with Gasteiger partial charge in [-0.3, -0.25) is 4.79 Å². The van der Waals surface area contributed by atoms with Crippen LogP contribution in [-0.2, 0) is 6.61 Å². The molecule has 0 bridgehead atoms. The fourth-order valence-electron chi connectivity index (χ4n) is 1.37. The summed E-state index contributed by atoms with van der Waals surface area (Å²) in [5.74, 6) is 1.67. The van der Waals surface area contributed by atoms with Gasteiger partial charge >= 0.3 is 0 Å². The molecule has 0 radical (unpaired) electrons. The van der Waals surface area contributed by atoms with Gasteiger partial charge in [-0.05, 0) is 29.9 Å². The van der Waals surface area contributed by atoms with Gasteiger partial charge in [0.25, 0.3) is 5.91 Å². The van der Waals surface area contributed by atoms with Crippen LogP contribution in [0.3, 0.4) is 0 Å². The Labute approximate surface area is 111 Å². The maximum absolute atomic E-state index is 11.7. The molecule has 0 unspecified atom stereocenters. The van der Waals surface area contributed by atoms with Gasteiger partial charge in [-0.1, -0.05) is 12.1 Å². The molecule has 1 aromatic carbocycles. The zero-order chi connectivity index (χ0) is 13.2. The Morgan fingerprint density at radius 2 is 1.89 bits per heavy atom. The van der Waals surface area contributed by atoms with Gasteiger partial charge in [0.15, 0.2) is 0 Å². The predicted molar refractivity (Wildman–Crippen MR) is 73.7 cm³/mol. The Bertz CT molecular complexity index is 354. The van der Waals surface area contributed by atoms with Crippen molar-refractivity contribution >= 4 is 17.7 Å². The highest BCUT2D eigenvalue weighted by atomic mass is 32.2. The minimum absolute atomic E-state index is 0.0105. The standard InChI is InChI=1S/C13H19NO3S/c15-7-1-8-18-9-6-14-13(17)12-4-2-11(10-16)3-5-12/h2-5,15-16H,1,6-10H2,(H,14,17). The molecule has 1 rings (SSSR count). The van der Waals surface area contributed by atoms with E-state index in [1.165, 1.54) is 0 Å². The second-order valence-corrected chi connectivity index (χ2v) is 5.03. The largest absolute Gasteiger partial charge is 0.396 e. The molecule has 0 heterocycles. The number of rotatable bonds is 8. The van der Waals surface area contributed by atoms with Crippen molar-refractivity contribution < 1.29 is 15.0 Å². The predicted octanol–water partition coefficient (Wildman–Crippen LogP) is 1.02. The molecule has 4 nitrogen and oxygen atoms in total. The van der Waals surface area contributed by atoms with Crippen LogP contribution in [-0.4, -0.2) is 40.8 Å². The van der Waals surface area contributed by atoms with E-state index < -0.39 is 0 Å². The molecule has 18 heavy (non-hydrogen) atoms. The summed E-state index contributed by atoms with van der Waals surface area (Å²) in [6.45, 7) is 0.830. The first-order chi connectivity index (χ1) is 8.77. The quantitative estimate of drug-likeness (QED) is 0.616. The van der Waals surface area contributed by atoms with Gasteiger partial charge in [0.2, 0.25) is 0 Å². The van der Waals surface area contributed by atoms with Crippen LogP contribution in [0.25, 0.3) is 0 Å². The van der Waals surface area contributed by atoms with E-state index in [1.54, 1.807) is 36.0 Å². The highest BCUT2D eigenvalue weighted by Gasteiger charge is 2.04. The second kappa shape index (κ2) is 8.97. The van der Waals surface area contributed by atoms with Crippen molar-refractivity contribution in [2.24, 2.45) is 0 Å². The smallest absolute Gasteiger partial charge is 0.251 e. The molecular formula is C13H19NO3S. The molecule has 1 aromatic rings. The zero-order valence-corrected chi connectivity index (χ0v) is 11.1. The average Bonchev–Trinajstić information content (AvgIpc) is 2.42. The third-order valence-corrected chi connectivity index (χ3v) is 3.45. The van der Waals surface area contributed by atoms with E-state index in [0.717, 1.165) is 23.5 Å². The van der Waals surface area contributed by atoms with E-state index in [4.69, 9.17) is 10.2 Å². The summed E-state index contributed by atoms with van der Waals surface area (Å²) in [4.78, 5) is 11.7. The van der Waals surface area contributed by atoms with Crippen molar-refractivity contribution in [1.29, 1.82) is 0 Å². The van der Waals surface area contributed by atoms with Crippen LogP contribution in [0.2, 0.25) is 0 Å². The van der Waals surface area contributed by atoms with E-state index in [-0.39, 0.29) is 19.1 Å². The maximum Gasteiger partial charge on any atom is 0.251 e. The van der Waals surface area contributed by atoms with Gasteiger partial charge in [-0.15, -0.1) is 0 Å². The molecule has 100 valence electrons. The SMILES string of the molecule is O=C(NCCSCCCO)c1ccc(CO)cc1. The monoisotopic (exact) mass is 269 g/mol. The molecule has 5 heteroatoms. The first-order valence-corrected chi connectivity index (χ1v) is 7.10. The van der Waals surface area contributed by atoms with E-state index in [1.807, 2.05) is 0 Å². The van der Waals surface area contributed by atoms with Gasteiger partial charge in [0.05, 0.1) is 6.61 Å². The van der Waals surface area contributed by atoms with E-state index in [2.05, 4.69) is 5.32 Å². The fraction of sp³-hybridized carbons (Fsp3) is 0.462. The average molecular weight is 269 g/mol. The van der Waals surface area contributed by atoms with Gasteiger partial charge in [0.1, 0.15) is 0 Å². The normalized spacial score (nSPS) is 10.3. The molecular weight excluding hydrogens is 250 g/mol. The number of aliphatic hydroxyl groups is 2. The highest BCUT2D eigenvalue weighted by molar-refractivity contribution is 7.99. The van der Waals surface area contributed by atoms with Gasteiger partial charge < -0.3 is 15.5 Å². The van der Waals surface area contributed by atoms with Crippen LogP contribution in [0.15, 0.2) is 24.3 Å². The van der Waals surface area contributed by atoms with Gasteiger partial charge in [-0.25, -0.2) is 0 Å². The molecule has 0 fully saturated rings. The van der Waals surface area contributed by atoms with Crippen molar-refractivity contribution in [3.8, 4) is 0 Å². The van der Waals surface area contributed by atoms with E-state index in [9.17, 15) is 4.79 Å². The molecule has 0 aliphatic carbocycles. The van der Waals surface area contributed by atoms with Crippen LogP contribution in [0.5, 0.6) is 0 Å². The van der Waals surface area contributed by atoms with Crippen molar-refractivity contribution in [3.63, 3.8) is 0 Å². The minimum Gasteiger partial charge on any atom is -0.396 e. The maximum atomic E-state index is 11.7. The molecule has 0 aliphatic rings. The zero-order valence-electron chi connectivity index (χ0n) is 10.3. The molecule has 0 aromatic heterocycles. The number of carbonyl (C=O) groups excluding carboxylic acids is 1. The minimum atomic E-state index is -0.0951. The number of nitrogens with one attached hydrogen (secondary N) is 1. The number of benzene rings is 1. The topological polar surface area (TPSA) is 69.6 Å². The fourth-order valence-corrected chi connectivity index (χ4v) is 2.15. The number of hydrogen-bond donors (Lipinski definition) is 3. The Kier molecular flexibility index (Phi) is 7.48. The number of amides is 1. The van der Waals surface area contributed by atoms with Crippen molar-refractivity contribution in [2.45, 2.75) is 13.0 Å². The lowest BCUT2D eigenvalue weighted by molar-refractivity contribution is 0.0956. The molecule has 0 saturated carbocycles. The summed E-state index contributed by atoms with van der Waals surface area (Å²) in [5, 5.41) is 20.3. The third kappa shape index (κ3) is 5.53. The lowest BCUT2D eigenvalue weighted by atomic mass is 10.1. The summed E-state index contributed by atoms with van der Waals surface area (Å²) in [6, 6.07) is 6.90. The summed E-state index contributed by atoms with van der Waals surface area (Å²) in [5.41, 5.74) is 1.40. The lowest BCUT2D eigenvalue weighted by Crippen LogP contribution is -2.25. The van der Waals surface area contributed by atoms with E-state index >= 15 is 0 Å². The first kappa shape index (κ1) is 15.0. The first-order valence-electron chi connectivity index (χ1n) is 5.94. The Morgan fingerprint density at radius 3 is 2.50 bits per heavy atom. The molecule has 0 aliphatic heterocycles. The van der Waals surface area contributed by atoms with E-state index in [0.29, 0.717) is 12.1 Å². The molecule has 0 atom stereocenters. The lowest BCUT2D eigenvalue weighted by Gasteiger charge is -2.05. The molecule has 1 amide bonds. The number of aliphatic hydroxyl groups excluding tert-OH is 2. The van der Waals surface area contributed by atoms with Crippen LogP contribution in [0.4, 0.5) is 0 Å². The van der Waals surface area contributed by atoms with Crippen LogP contribution in [0.1, 0.15) is 22.3 Å². The Balaban J connectivity index is 2.23. The van der Waals surface area contributed by atoms with Crippen molar-refractivity contribution in [1.82, 2.24) is 5.32 Å². The van der Waals surface area contributed by atoms with Crippen LogP contribution < -0.4 is 5.32 Å². The van der Waals surface area contributed by atoms with Crippen molar-refractivity contribution in [3.05, 3.63) is 35.4 Å². The second-order valence-electron chi connectivity index (χ2n) is 3.80. The molecule has 0 spiro atoms. The van der Waals surface area contributed by atoms with Gasteiger partial charge in [0, 0.05) is 24.5 Å². The summed E-state index contributed by atoms with van der Waals surface area (Å²) in [6.07, 6.45) is 0.793. The Morgan fingerprint density at radius 1 is 1.17 bits per heavy atom. The number of hydrogen-bond acceptors (Lipinski definition) is 4. The Hall–Kier alpha value is -1.04. The molecule has 0 saturated heterocycles. The highest BCUT2D eigenvalue weighted by Crippen LogP contribution is 2.05. The summed E-state index contributed by atoms with van der Waals surface area (Å²) >= 11 is 1.71. The summed E-state index contributed by atoms with van der Waals surface area (Å²) in [7, 11) is 0. The third-order valence-electron chi connectivity index (χ3n) is 2.38. The number of thioether (sulfide) groups is 1.